The van der Waals surface area contributed by atoms with Crippen molar-refractivity contribution in [1.29, 1.82) is 0 Å². The molecule has 0 unspecified atom stereocenters. The number of unbranched alkanes of at least 4 members (excludes halogenated alkanes) is 2. The zero-order chi connectivity index (χ0) is 13.6. The van der Waals surface area contributed by atoms with Crippen LogP contribution in [0.3, 0.4) is 0 Å². The van der Waals surface area contributed by atoms with Gasteiger partial charge < -0.3 is 5.32 Å². The Morgan fingerprint density at radius 2 is 1.72 bits per heavy atom. The quantitative estimate of drug-likeness (QED) is 0.739. The van der Waals surface area contributed by atoms with E-state index in [9.17, 15) is 0 Å². The Balaban J connectivity index is 2.47. The SMILES string of the molecule is CCCCCC(C)(C)CNc1nc(C)cc(C)n1. The molecule has 18 heavy (non-hydrogen) atoms. The zero-order valence-electron chi connectivity index (χ0n) is 12.5. The number of hydrogen-bond donors (Lipinski definition) is 1. The van der Waals surface area contributed by atoms with E-state index in [2.05, 4.69) is 36.1 Å². The van der Waals surface area contributed by atoms with Gasteiger partial charge in [0.25, 0.3) is 0 Å². The lowest BCUT2D eigenvalue weighted by molar-refractivity contribution is 0.342. The highest BCUT2D eigenvalue weighted by molar-refractivity contribution is 5.27. The fourth-order valence-corrected chi connectivity index (χ4v) is 2.07. The molecule has 1 heterocycles. The fraction of sp³-hybridized carbons (Fsp3) is 0.733. The molecule has 1 rings (SSSR count). The Morgan fingerprint density at radius 3 is 2.28 bits per heavy atom. The summed E-state index contributed by atoms with van der Waals surface area (Å²) in [5.41, 5.74) is 2.35. The van der Waals surface area contributed by atoms with E-state index in [-0.39, 0.29) is 0 Å². The first kappa shape index (κ1) is 14.9. The Morgan fingerprint density at radius 1 is 1.11 bits per heavy atom. The lowest BCUT2D eigenvalue weighted by Crippen LogP contribution is -2.24. The highest BCUT2D eigenvalue weighted by Crippen LogP contribution is 2.23. The van der Waals surface area contributed by atoms with Crippen molar-refractivity contribution < 1.29 is 0 Å². The van der Waals surface area contributed by atoms with Gasteiger partial charge in [-0.2, -0.15) is 0 Å². The van der Waals surface area contributed by atoms with Crippen LogP contribution in [0.4, 0.5) is 5.95 Å². The third-order valence-electron chi connectivity index (χ3n) is 3.16. The minimum absolute atomic E-state index is 0.302. The Kier molecular flexibility index (Phi) is 5.57. The van der Waals surface area contributed by atoms with E-state index in [4.69, 9.17) is 0 Å². The first-order chi connectivity index (χ1) is 8.43. The molecular formula is C15H27N3. The van der Waals surface area contributed by atoms with Crippen LogP contribution in [0.5, 0.6) is 0 Å². The van der Waals surface area contributed by atoms with Crippen molar-refractivity contribution in [3.8, 4) is 0 Å². The number of nitrogens with zero attached hydrogens (tertiary/aromatic N) is 2. The molecule has 0 saturated heterocycles. The summed E-state index contributed by atoms with van der Waals surface area (Å²) in [5.74, 6) is 0.760. The molecule has 0 spiro atoms. The summed E-state index contributed by atoms with van der Waals surface area (Å²) in [4.78, 5) is 8.82. The number of nitrogens with one attached hydrogen (secondary N) is 1. The van der Waals surface area contributed by atoms with Gasteiger partial charge in [-0.1, -0.05) is 40.0 Å². The summed E-state index contributed by atoms with van der Waals surface area (Å²) in [6.45, 7) is 11.8. The van der Waals surface area contributed by atoms with Crippen molar-refractivity contribution in [1.82, 2.24) is 9.97 Å². The van der Waals surface area contributed by atoms with Gasteiger partial charge in [0.2, 0.25) is 5.95 Å². The summed E-state index contributed by atoms with van der Waals surface area (Å²) in [6, 6.07) is 2.00. The van der Waals surface area contributed by atoms with Crippen LogP contribution in [0, 0.1) is 19.3 Å². The molecular weight excluding hydrogens is 222 g/mol. The molecule has 0 aromatic carbocycles. The van der Waals surface area contributed by atoms with E-state index in [1.54, 1.807) is 0 Å². The van der Waals surface area contributed by atoms with Crippen LogP contribution in [0.15, 0.2) is 6.07 Å². The van der Waals surface area contributed by atoms with Gasteiger partial charge in [-0.05, 0) is 31.7 Å². The monoisotopic (exact) mass is 249 g/mol. The molecule has 0 aliphatic heterocycles. The van der Waals surface area contributed by atoms with E-state index < -0.39 is 0 Å². The molecule has 102 valence electrons. The Bertz CT molecular complexity index is 352. The van der Waals surface area contributed by atoms with Gasteiger partial charge in [0, 0.05) is 17.9 Å². The van der Waals surface area contributed by atoms with Gasteiger partial charge in [-0.3, -0.25) is 0 Å². The largest absolute Gasteiger partial charge is 0.354 e. The third-order valence-corrected chi connectivity index (χ3v) is 3.16. The molecule has 1 aromatic heterocycles. The maximum absolute atomic E-state index is 4.41. The predicted molar refractivity (Wildman–Crippen MR) is 77.9 cm³/mol. The predicted octanol–water partition coefficient (Wildman–Crippen LogP) is 4.11. The second-order valence-electron chi connectivity index (χ2n) is 5.95. The zero-order valence-corrected chi connectivity index (χ0v) is 12.5. The number of rotatable bonds is 7. The van der Waals surface area contributed by atoms with Crippen LogP contribution >= 0.6 is 0 Å². The summed E-state index contributed by atoms with van der Waals surface area (Å²) in [5, 5.41) is 3.37. The molecule has 0 bridgehead atoms. The highest BCUT2D eigenvalue weighted by Gasteiger charge is 2.17. The van der Waals surface area contributed by atoms with Gasteiger partial charge in [0.05, 0.1) is 0 Å². The van der Waals surface area contributed by atoms with Crippen LogP contribution in [0.25, 0.3) is 0 Å². The minimum Gasteiger partial charge on any atom is -0.354 e. The number of anilines is 1. The van der Waals surface area contributed by atoms with Crippen LogP contribution < -0.4 is 5.32 Å². The number of aromatic nitrogens is 2. The van der Waals surface area contributed by atoms with Crippen molar-refractivity contribution in [3.05, 3.63) is 17.5 Å². The first-order valence-corrected chi connectivity index (χ1v) is 6.99. The maximum Gasteiger partial charge on any atom is 0.223 e. The molecule has 1 N–H and O–H groups in total. The lowest BCUT2D eigenvalue weighted by Gasteiger charge is -2.25. The molecule has 0 radical (unpaired) electrons. The van der Waals surface area contributed by atoms with Gasteiger partial charge in [-0.25, -0.2) is 9.97 Å². The van der Waals surface area contributed by atoms with E-state index in [1.165, 1.54) is 25.7 Å². The summed E-state index contributed by atoms with van der Waals surface area (Å²) < 4.78 is 0. The standard InChI is InChI=1S/C15H27N3/c1-6-7-8-9-15(4,5)11-16-14-17-12(2)10-13(3)18-14/h10H,6-9,11H2,1-5H3,(H,16,17,18). The topological polar surface area (TPSA) is 37.8 Å². The molecule has 0 fully saturated rings. The van der Waals surface area contributed by atoms with Crippen LogP contribution in [0.2, 0.25) is 0 Å². The van der Waals surface area contributed by atoms with Crippen molar-refractivity contribution in [2.24, 2.45) is 5.41 Å². The Hall–Kier alpha value is -1.12. The van der Waals surface area contributed by atoms with Gasteiger partial charge >= 0.3 is 0 Å². The van der Waals surface area contributed by atoms with Gasteiger partial charge in [-0.15, -0.1) is 0 Å². The molecule has 0 saturated carbocycles. The molecule has 0 aliphatic rings. The molecule has 0 atom stereocenters. The van der Waals surface area contributed by atoms with Crippen LogP contribution in [-0.4, -0.2) is 16.5 Å². The minimum atomic E-state index is 0.302. The summed E-state index contributed by atoms with van der Waals surface area (Å²) in [6.07, 6.45) is 5.16. The second kappa shape index (κ2) is 6.72. The Labute approximate surface area is 111 Å². The second-order valence-corrected chi connectivity index (χ2v) is 5.95. The van der Waals surface area contributed by atoms with Crippen LogP contribution in [0.1, 0.15) is 57.8 Å². The molecule has 0 aliphatic carbocycles. The van der Waals surface area contributed by atoms with E-state index >= 15 is 0 Å². The van der Waals surface area contributed by atoms with Crippen molar-refractivity contribution >= 4 is 5.95 Å². The van der Waals surface area contributed by atoms with E-state index in [0.29, 0.717) is 5.41 Å². The van der Waals surface area contributed by atoms with Crippen molar-refractivity contribution in [2.45, 2.75) is 60.3 Å². The summed E-state index contributed by atoms with van der Waals surface area (Å²) >= 11 is 0. The maximum atomic E-state index is 4.41. The molecule has 1 aromatic rings. The number of aryl methyl sites for hydroxylation is 2. The smallest absolute Gasteiger partial charge is 0.223 e. The lowest BCUT2D eigenvalue weighted by atomic mass is 9.87. The molecule has 3 nitrogen and oxygen atoms in total. The van der Waals surface area contributed by atoms with Crippen LogP contribution in [-0.2, 0) is 0 Å². The average molecular weight is 249 g/mol. The fourth-order valence-electron chi connectivity index (χ4n) is 2.07. The van der Waals surface area contributed by atoms with Crippen molar-refractivity contribution in [3.63, 3.8) is 0 Å². The van der Waals surface area contributed by atoms with Gasteiger partial charge in [0.1, 0.15) is 0 Å². The molecule has 3 heteroatoms. The van der Waals surface area contributed by atoms with Gasteiger partial charge in [0.15, 0.2) is 0 Å². The van der Waals surface area contributed by atoms with E-state index in [1.807, 2.05) is 19.9 Å². The first-order valence-electron chi connectivity index (χ1n) is 6.99. The van der Waals surface area contributed by atoms with E-state index in [0.717, 1.165) is 23.9 Å². The summed E-state index contributed by atoms with van der Waals surface area (Å²) in [7, 11) is 0. The third kappa shape index (κ3) is 5.48. The number of hydrogen-bond acceptors (Lipinski definition) is 3. The normalized spacial score (nSPS) is 11.6. The highest BCUT2D eigenvalue weighted by atomic mass is 15.1. The van der Waals surface area contributed by atoms with Crippen molar-refractivity contribution in [2.75, 3.05) is 11.9 Å². The average Bonchev–Trinajstić information content (AvgIpc) is 2.25. The molecule has 0 amide bonds.